The number of ketones is 2. The molecule has 0 radical (unpaired) electrons. The van der Waals surface area contributed by atoms with Crippen molar-refractivity contribution in [3.8, 4) is 17.2 Å². The van der Waals surface area contributed by atoms with Crippen molar-refractivity contribution in [3.05, 3.63) is 63.9 Å². The number of methoxy groups -OCH3 is 4. The first-order chi connectivity index (χ1) is 16.2. The van der Waals surface area contributed by atoms with Crippen molar-refractivity contribution in [1.82, 2.24) is 0 Å². The molecule has 0 amide bonds. The highest BCUT2D eigenvalue weighted by Gasteiger charge is 2.39. The number of ether oxygens (including phenoxy) is 4. The van der Waals surface area contributed by atoms with Crippen molar-refractivity contribution in [2.45, 2.75) is 6.42 Å². The van der Waals surface area contributed by atoms with Crippen LogP contribution in [-0.2, 0) is 25.5 Å². The smallest absolute Gasteiger partial charge is 0.333 e. The lowest BCUT2D eigenvalue weighted by atomic mass is 9.80. The standard InChI is InChI=1S/C24H22O10/c1-31-15-7-5-6-12-18(15)23(29)20-19(22(12)28)16(32-2)9-11(21(20)27)8-13(24(30)34-4)14(25)10-17(26)33-3/h5-7,9-10,13,25,27H,8H2,1-4H3/b14-10-. The molecule has 34 heavy (non-hydrogen) atoms. The van der Waals surface area contributed by atoms with E-state index < -0.39 is 40.9 Å². The Labute approximate surface area is 194 Å². The SMILES string of the molecule is COC(=O)/C=C(\O)C(Cc1cc(OC)c2c(c1O)C(=O)c1c(OC)cccc1C2=O)C(=O)OC. The van der Waals surface area contributed by atoms with Gasteiger partial charge < -0.3 is 29.2 Å². The molecule has 0 spiro atoms. The maximum atomic E-state index is 13.4. The van der Waals surface area contributed by atoms with Crippen LogP contribution in [0.4, 0.5) is 0 Å². The lowest BCUT2D eigenvalue weighted by Gasteiger charge is -2.24. The molecule has 2 aromatic rings. The molecule has 0 heterocycles. The average molecular weight is 470 g/mol. The van der Waals surface area contributed by atoms with Crippen molar-refractivity contribution in [2.24, 2.45) is 5.92 Å². The van der Waals surface area contributed by atoms with Crippen LogP contribution in [0, 0.1) is 5.92 Å². The molecule has 0 fully saturated rings. The zero-order valence-electron chi connectivity index (χ0n) is 18.8. The molecule has 10 nitrogen and oxygen atoms in total. The minimum Gasteiger partial charge on any atom is -0.511 e. The van der Waals surface area contributed by atoms with Crippen LogP contribution in [0.25, 0.3) is 0 Å². The van der Waals surface area contributed by atoms with Gasteiger partial charge in [0.15, 0.2) is 5.78 Å². The van der Waals surface area contributed by atoms with Gasteiger partial charge in [0.25, 0.3) is 0 Å². The van der Waals surface area contributed by atoms with Crippen LogP contribution in [0.15, 0.2) is 36.1 Å². The van der Waals surface area contributed by atoms with Gasteiger partial charge in [-0.25, -0.2) is 4.79 Å². The minimum atomic E-state index is -1.42. The normalized spacial score (nSPS) is 13.5. The molecule has 0 saturated heterocycles. The van der Waals surface area contributed by atoms with Crippen molar-refractivity contribution < 1.29 is 48.3 Å². The molecular weight excluding hydrogens is 448 g/mol. The largest absolute Gasteiger partial charge is 0.511 e. The van der Waals surface area contributed by atoms with Crippen LogP contribution in [-0.4, -0.2) is 62.2 Å². The van der Waals surface area contributed by atoms with Crippen LogP contribution >= 0.6 is 0 Å². The molecular formula is C24H22O10. The van der Waals surface area contributed by atoms with E-state index in [1.807, 2.05) is 0 Å². The molecule has 1 aliphatic carbocycles. The summed E-state index contributed by atoms with van der Waals surface area (Å²) in [6.07, 6.45) is 0.311. The Kier molecular flexibility index (Phi) is 6.90. The number of phenols is 1. The summed E-state index contributed by atoms with van der Waals surface area (Å²) < 4.78 is 19.7. The topological polar surface area (TPSA) is 146 Å². The predicted molar refractivity (Wildman–Crippen MR) is 116 cm³/mol. The van der Waals surface area contributed by atoms with Crippen molar-refractivity contribution in [3.63, 3.8) is 0 Å². The number of carbonyl (C=O) groups excluding carboxylic acids is 4. The van der Waals surface area contributed by atoms with Gasteiger partial charge in [0.2, 0.25) is 5.78 Å². The molecule has 1 unspecified atom stereocenters. The van der Waals surface area contributed by atoms with E-state index in [0.29, 0.717) is 6.08 Å². The Hall–Kier alpha value is -4.34. The van der Waals surface area contributed by atoms with Crippen molar-refractivity contribution in [1.29, 1.82) is 0 Å². The molecule has 1 aliphatic rings. The van der Waals surface area contributed by atoms with Crippen LogP contribution in [0.2, 0.25) is 0 Å². The molecule has 10 heteroatoms. The average Bonchev–Trinajstić information content (AvgIpc) is 2.84. The van der Waals surface area contributed by atoms with E-state index in [1.54, 1.807) is 6.07 Å². The number of aromatic hydroxyl groups is 1. The molecule has 1 atom stereocenters. The first kappa shape index (κ1) is 24.3. The van der Waals surface area contributed by atoms with E-state index in [2.05, 4.69) is 4.74 Å². The molecule has 178 valence electrons. The molecule has 2 aromatic carbocycles. The summed E-state index contributed by atoms with van der Waals surface area (Å²) in [7, 11) is 4.80. The van der Waals surface area contributed by atoms with Crippen LogP contribution in [0.5, 0.6) is 17.2 Å². The van der Waals surface area contributed by atoms with Crippen LogP contribution in [0.3, 0.4) is 0 Å². The van der Waals surface area contributed by atoms with E-state index >= 15 is 0 Å². The Balaban J connectivity index is 2.20. The fraction of sp³-hybridized carbons (Fsp3) is 0.250. The highest BCUT2D eigenvalue weighted by atomic mass is 16.5. The number of phenolic OH excluding ortho intramolecular Hbond substituents is 1. The highest BCUT2D eigenvalue weighted by Crippen LogP contribution is 2.43. The van der Waals surface area contributed by atoms with Gasteiger partial charge in [0.05, 0.1) is 51.2 Å². The summed E-state index contributed by atoms with van der Waals surface area (Å²) in [4.78, 5) is 50.5. The van der Waals surface area contributed by atoms with Gasteiger partial charge in [0, 0.05) is 5.56 Å². The first-order valence-corrected chi connectivity index (χ1v) is 9.95. The van der Waals surface area contributed by atoms with Gasteiger partial charge in [-0.2, -0.15) is 0 Å². The van der Waals surface area contributed by atoms with E-state index in [0.717, 1.165) is 14.2 Å². The van der Waals surface area contributed by atoms with E-state index in [-0.39, 0.29) is 45.7 Å². The number of benzene rings is 2. The van der Waals surface area contributed by atoms with E-state index in [4.69, 9.17) is 14.2 Å². The maximum Gasteiger partial charge on any atom is 0.333 e. The van der Waals surface area contributed by atoms with Crippen LogP contribution < -0.4 is 9.47 Å². The number of fused-ring (bicyclic) bond motifs is 2. The number of hydrogen-bond acceptors (Lipinski definition) is 10. The second-order valence-electron chi connectivity index (χ2n) is 7.25. The van der Waals surface area contributed by atoms with Gasteiger partial charge in [-0.15, -0.1) is 0 Å². The summed E-state index contributed by atoms with van der Waals surface area (Å²) >= 11 is 0. The Morgan fingerprint density at radius 3 is 2.21 bits per heavy atom. The zero-order chi connectivity index (χ0) is 25.2. The lowest BCUT2D eigenvalue weighted by Crippen LogP contribution is -2.25. The van der Waals surface area contributed by atoms with Gasteiger partial charge in [-0.05, 0) is 24.1 Å². The third-order valence-electron chi connectivity index (χ3n) is 5.47. The molecule has 0 bridgehead atoms. The Bertz CT molecular complexity index is 1220. The minimum absolute atomic E-state index is 0.00434. The fourth-order valence-corrected chi connectivity index (χ4v) is 3.80. The molecule has 0 aliphatic heterocycles. The number of aliphatic hydroxyl groups is 1. The lowest BCUT2D eigenvalue weighted by molar-refractivity contribution is -0.145. The van der Waals surface area contributed by atoms with Crippen molar-refractivity contribution in [2.75, 3.05) is 28.4 Å². The molecule has 3 rings (SSSR count). The maximum absolute atomic E-state index is 13.4. The Morgan fingerprint density at radius 2 is 1.62 bits per heavy atom. The first-order valence-electron chi connectivity index (χ1n) is 9.95. The quantitative estimate of drug-likeness (QED) is 0.299. The third kappa shape index (κ3) is 4.05. The van der Waals surface area contributed by atoms with Gasteiger partial charge >= 0.3 is 11.9 Å². The Morgan fingerprint density at radius 1 is 0.941 bits per heavy atom. The summed E-state index contributed by atoms with van der Waals surface area (Å²) in [6.45, 7) is 0. The summed E-state index contributed by atoms with van der Waals surface area (Å²) in [5.41, 5.74) is -0.395. The second-order valence-corrected chi connectivity index (χ2v) is 7.25. The summed E-state index contributed by atoms with van der Waals surface area (Å²) in [5.74, 6) is -5.61. The van der Waals surface area contributed by atoms with E-state index in [1.165, 1.54) is 32.4 Å². The molecule has 0 saturated carbocycles. The summed E-state index contributed by atoms with van der Waals surface area (Å²) in [6, 6.07) is 5.82. The van der Waals surface area contributed by atoms with E-state index in [9.17, 15) is 29.4 Å². The number of carbonyl (C=O) groups is 4. The summed E-state index contributed by atoms with van der Waals surface area (Å²) in [5, 5.41) is 21.4. The monoisotopic (exact) mass is 470 g/mol. The second kappa shape index (κ2) is 9.65. The van der Waals surface area contributed by atoms with Gasteiger partial charge in [-0.3, -0.25) is 14.4 Å². The molecule has 0 aromatic heterocycles. The van der Waals surface area contributed by atoms with Gasteiger partial charge in [0.1, 0.15) is 28.9 Å². The third-order valence-corrected chi connectivity index (χ3v) is 5.47. The zero-order valence-corrected chi connectivity index (χ0v) is 18.8. The fourth-order valence-electron chi connectivity index (χ4n) is 3.80. The van der Waals surface area contributed by atoms with Crippen LogP contribution in [0.1, 0.15) is 37.4 Å². The molecule has 2 N–H and O–H groups in total. The van der Waals surface area contributed by atoms with Gasteiger partial charge in [-0.1, -0.05) is 12.1 Å². The number of esters is 2. The predicted octanol–water partition coefficient (Wildman–Crippen LogP) is 2.13. The highest BCUT2D eigenvalue weighted by molar-refractivity contribution is 6.31. The van der Waals surface area contributed by atoms with Crippen molar-refractivity contribution >= 4 is 23.5 Å². The number of aliphatic hydroxyl groups excluding tert-OH is 1. The number of rotatable bonds is 7. The number of hydrogen-bond donors (Lipinski definition) is 2.